The molecule has 0 aliphatic heterocycles. The highest BCUT2D eigenvalue weighted by atomic mass is 16.5. The maximum atomic E-state index is 12.3. The fourth-order valence-electron chi connectivity index (χ4n) is 2.34. The number of carbonyl (C=O) groups excluding carboxylic acids is 1. The molecule has 0 aliphatic carbocycles. The molecule has 0 fully saturated rings. The third kappa shape index (κ3) is 3.27. The Labute approximate surface area is 140 Å². The molecule has 122 valence electrons. The summed E-state index contributed by atoms with van der Waals surface area (Å²) in [6.07, 6.45) is 1.61. The van der Waals surface area contributed by atoms with Gasteiger partial charge in [-0.25, -0.2) is 4.68 Å². The van der Waals surface area contributed by atoms with Crippen LogP contribution in [0.1, 0.15) is 21.6 Å². The largest absolute Gasteiger partial charge is 0.496 e. The molecule has 0 atom stereocenters. The molecule has 0 spiro atoms. The van der Waals surface area contributed by atoms with Gasteiger partial charge in [-0.2, -0.15) is 0 Å². The molecular formula is C18H18N4O2. The number of hydrogen-bond acceptors (Lipinski definition) is 4. The minimum Gasteiger partial charge on any atom is -0.496 e. The summed E-state index contributed by atoms with van der Waals surface area (Å²) in [7, 11) is 1.62. The Hall–Kier alpha value is -3.15. The van der Waals surface area contributed by atoms with E-state index in [9.17, 15) is 4.79 Å². The first-order valence-electron chi connectivity index (χ1n) is 7.52. The van der Waals surface area contributed by atoms with Crippen molar-refractivity contribution in [1.82, 2.24) is 15.0 Å². The van der Waals surface area contributed by atoms with Crippen molar-refractivity contribution in [3.05, 3.63) is 65.5 Å². The van der Waals surface area contributed by atoms with Crippen LogP contribution in [0.2, 0.25) is 0 Å². The van der Waals surface area contributed by atoms with E-state index < -0.39 is 0 Å². The molecule has 0 bridgehead atoms. The topological polar surface area (TPSA) is 69.0 Å². The van der Waals surface area contributed by atoms with Gasteiger partial charge in [-0.3, -0.25) is 4.79 Å². The predicted octanol–water partition coefficient (Wildman–Crippen LogP) is 3.15. The Kier molecular flexibility index (Phi) is 4.29. The van der Waals surface area contributed by atoms with Crippen LogP contribution in [0.4, 0.5) is 5.69 Å². The molecule has 2 aromatic carbocycles. The van der Waals surface area contributed by atoms with E-state index in [0.29, 0.717) is 5.69 Å². The lowest BCUT2D eigenvalue weighted by atomic mass is 10.2. The molecule has 0 radical (unpaired) electrons. The molecule has 1 amide bonds. The summed E-state index contributed by atoms with van der Waals surface area (Å²) >= 11 is 0. The second-order valence-corrected chi connectivity index (χ2v) is 5.52. The lowest BCUT2D eigenvalue weighted by molar-refractivity contribution is 0.102. The van der Waals surface area contributed by atoms with Crippen LogP contribution in [0.5, 0.6) is 5.75 Å². The molecule has 1 heterocycles. The molecule has 24 heavy (non-hydrogen) atoms. The molecule has 6 heteroatoms. The van der Waals surface area contributed by atoms with Crippen molar-refractivity contribution in [2.24, 2.45) is 0 Å². The quantitative estimate of drug-likeness (QED) is 0.801. The Morgan fingerprint density at radius 3 is 2.54 bits per heavy atom. The number of aromatic nitrogens is 3. The monoisotopic (exact) mass is 322 g/mol. The number of nitrogens with one attached hydrogen (secondary N) is 1. The smallest absolute Gasteiger partial charge is 0.277 e. The molecule has 0 aliphatic rings. The molecule has 0 unspecified atom stereocenters. The summed E-state index contributed by atoms with van der Waals surface area (Å²) in [5, 5.41) is 10.8. The van der Waals surface area contributed by atoms with Crippen LogP contribution in [-0.4, -0.2) is 28.0 Å². The average Bonchev–Trinajstić information content (AvgIpc) is 3.06. The Bertz CT molecular complexity index is 869. The number of anilines is 1. The van der Waals surface area contributed by atoms with Crippen molar-refractivity contribution in [2.45, 2.75) is 13.8 Å². The lowest BCUT2D eigenvalue weighted by Gasteiger charge is -2.07. The average molecular weight is 322 g/mol. The van der Waals surface area contributed by atoms with Crippen LogP contribution in [0, 0.1) is 13.8 Å². The van der Waals surface area contributed by atoms with E-state index in [4.69, 9.17) is 4.74 Å². The molecule has 1 N–H and O–H groups in total. The highest BCUT2D eigenvalue weighted by molar-refractivity contribution is 6.02. The van der Waals surface area contributed by atoms with Crippen molar-refractivity contribution in [3.63, 3.8) is 0 Å². The number of rotatable bonds is 4. The standard InChI is InChI=1S/C18H18N4O2/c1-12-4-7-15(8-5-12)22-11-16(20-21-22)18(23)19-14-6-9-17(24-3)13(2)10-14/h4-11H,1-3H3,(H,19,23). The van der Waals surface area contributed by atoms with Crippen molar-refractivity contribution in [3.8, 4) is 11.4 Å². The van der Waals surface area contributed by atoms with Gasteiger partial charge >= 0.3 is 0 Å². The van der Waals surface area contributed by atoms with Crippen LogP contribution in [0.25, 0.3) is 5.69 Å². The third-order valence-corrected chi connectivity index (χ3v) is 3.68. The normalized spacial score (nSPS) is 10.5. The summed E-state index contributed by atoms with van der Waals surface area (Å²) < 4.78 is 6.79. The van der Waals surface area contributed by atoms with Crippen molar-refractivity contribution >= 4 is 11.6 Å². The van der Waals surface area contributed by atoms with Gasteiger partial charge in [-0.15, -0.1) is 5.10 Å². The lowest BCUT2D eigenvalue weighted by Crippen LogP contribution is -2.12. The van der Waals surface area contributed by atoms with Gasteiger partial charge in [0.05, 0.1) is 19.0 Å². The van der Waals surface area contributed by atoms with Gasteiger partial charge in [0.15, 0.2) is 5.69 Å². The van der Waals surface area contributed by atoms with E-state index in [-0.39, 0.29) is 11.6 Å². The van der Waals surface area contributed by atoms with Crippen LogP contribution < -0.4 is 10.1 Å². The van der Waals surface area contributed by atoms with Gasteiger partial charge in [0.25, 0.3) is 5.91 Å². The number of carbonyl (C=O) groups is 1. The number of benzene rings is 2. The Balaban J connectivity index is 1.76. The highest BCUT2D eigenvalue weighted by Crippen LogP contribution is 2.21. The van der Waals surface area contributed by atoms with Crippen LogP contribution in [0.3, 0.4) is 0 Å². The first-order valence-corrected chi connectivity index (χ1v) is 7.52. The molecular weight excluding hydrogens is 304 g/mol. The van der Waals surface area contributed by atoms with E-state index in [1.165, 1.54) is 0 Å². The number of ether oxygens (including phenoxy) is 1. The van der Waals surface area contributed by atoms with E-state index >= 15 is 0 Å². The molecule has 3 rings (SSSR count). The van der Waals surface area contributed by atoms with Gasteiger partial charge in [0.1, 0.15) is 5.75 Å². The maximum Gasteiger partial charge on any atom is 0.277 e. The SMILES string of the molecule is COc1ccc(NC(=O)c2cn(-c3ccc(C)cc3)nn2)cc1C. The molecule has 0 saturated carbocycles. The predicted molar refractivity (Wildman–Crippen MR) is 91.8 cm³/mol. The number of aryl methyl sites for hydroxylation is 2. The van der Waals surface area contributed by atoms with Gasteiger partial charge in [-0.1, -0.05) is 22.9 Å². The zero-order valence-corrected chi connectivity index (χ0v) is 13.8. The minimum atomic E-state index is -0.307. The first kappa shape index (κ1) is 15.7. The number of methoxy groups -OCH3 is 1. The highest BCUT2D eigenvalue weighted by Gasteiger charge is 2.12. The zero-order valence-electron chi connectivity index (χ0n) is 13.8. The number of hydrogen-bond donors (Lipinski definition) is 1. The first-order chi connectivity index (χ1) is 11.6. The molecule has 6 nitrogen and oxygen atoms in total. The number of amides is 1. The summed E-state index contributed by atoms with van der Waals surface area (Å²) in [5.41, 5.74) is 3.89. The van der Waals surface area contributed by atoms with E-state index in [1.807, 2.05) is 50.2 Å². The summed E-state index contributed by atoms with van der Waals surface area (Å²) in [4.78, 5) is 12.3. The van der Waals surface area contributed by atoms with Crippen LogP contribution >= 0.6 is 0 Å². The van der Waals surface area contributed by atoms with Crippen LogP contribution in [0.15, 0.2) is 48.7 Å². The second-order valence-electron chi connectivity index (χ2n) is 5.52. The van der Waals surface area contributed by atoms with Gasteiger partial charge in [-0.05, 0) is 49.7 Å². The van der Waals surface area contributed by atoms with E-state index in [0.717, 1.165) is 22.6 Å². The Morgan fingerprint density at radius 2 is 1.88 bits per heavy atom. The van der Waals surface area contributed by atoms with Crippen molar-refractivity contribution in [2.75, 3.05) is 12.4 Å². The summed E-state index contributed by atoms with van der Waals surface area (Å²) in [6, 6.07) is 13.3. The fraction of sp³-hybridized carbons (Fsp3) is 0.167. The third-order valence-electron chi connectivity index (χ3n) is 3.68. The van der Waals surface area contributed by atoms with Crippen molar-refractivity contribution in [1.29, 1.82) is 0 Å². The van der Waals surface area contributed by atoms with Crippen molar-refractivity contribution < 1.29 is 9.53 Å². The van der Waals surface area contributed by atoms with E-state index in [2.05, 4.69) is 15.6 Å². The molecule has 1 aromatic heterocycles. The summed E-state index contributed by atoms with van der Waals surface area (Å²) in [6.45, 7) is 3.93. The van der Waals surface area contributed by atoms with Crippen LogP contribution in [-0.2, 0) is 0 Å². The molecule has 3 aromatic rings. The van der Waals surface area contributed by atoms with Gasteiger partial charge in [0.2, 0.25) is 0 Å². The maximum absolute atomic E-state index is 12.3. The van der Waals surface area contributed by atoms with E-state index in [1.54, 1.807) is 24.1 Å². The van der Waals surface area contributed by atoms with Gasteiger partial charge in [0, 0.05) is 5.69 Å². The second kappa shape index (κ2) is 6.54. The summed E-state index contributed by atoms with van der Waals surface area (Å²) in [5.74, 6) is 0.469. The van der Waals surface area contributed by atoms with Gasteiger partial charge < -0.3 is 10.1 Å². The zero-order chi connectivity index (χ0) is 17.1. The minimum absolute atomic E-state index is 0.254. The number of nitrogens with zero attached hydrogens (tertiary/aromatic N) is 3. The molecule has 0 saturated heterocycles. The fourth-order valence-corrected chi connectivity index (χ4v) is 2.34. The Morgan fingerprint density at radius 1 is 1.12 bits per heavy atom.